The van der Waals surface area contributed by atoms with Gasteiger partial charge in [-0.05, 0) is 19.4 Å². The monoisotopic (exact) mass is 272 g/mol. The molecule has 19 heavy (non-hydrogen) atoms. The fourth-order valence-corrected chi connectivity index (χ4v) is 1.83. The van der Waals surface area contributed by atoms with Crippen molar-refractivity contribution in [2.45, 2.75) is 90.9 Å². The third-order valence-corrected chi connectivity index (χ3v) is 3.08. The molecule has 0 heterocycles. The SMILES string of the molecule is CCCCCCCC(N)=O.CCCCCCCCN. The van der Waals surface area contributed by atoms with Gasteiger partial charge in [-0.3, -0.25) is 4.79 Å². The van der Waals surface area contributed by atoms with Gasteiger partial charge in [0.15, 0.2) is 0 Å². The van der Waals surface area contributed by atoms with E-state index in [-0.39, 0.29) is 5.91 Å². The zero-order chi connectivity index (χ0) is 14.8. The van der Waals surface area contributed by atoms with Crippen molar-refractivity contribution in [1.29, 1.82) is 0 Å². The van der Waals surface area contributed by atoms with Crippen molar-refractivity contribution < 1.29 is 4.79 Å². The summed E-state index contributed by atoms with van der Waals surface area (Å²) in [5.74, 6) is -0.170. The summed E-state index contributed by atoms with van der Waals surface area (Å²) >= 11 is 0. The highest BCUT2D eigenvalue weighted by molar-refractivity contribution is 5.73. The molecule has 116 valence electrons. The molecule has 1 amide bonds. The average Bonchev–Trinajstić information content (AvgIpc) is 2.39. The van der Waals surface area contributed by atoms with Crippen LogP contribution in [0.3, 0.4) is 0 Å². The first-order valence-electron chi connectivity index (χ1n) is 8.17. The molecule has 0 saturated heterocycles. The minimum atomic E-state index is -0.170. The second-order valence-electron chi connectivity index (χ2n) is 5.19. The Morgan fingerprint density at radius 1 is 0.737 bits per heavy atom. The predicted molar refractivity (Wildman–Crippen MR) is 85.0 cm³/mol. The van der Waals surface area contributed by atoms with Crippen LogP contribution in [0.2, 0.25) is 0 Å². The number of hydrogen-bond donors (Lipinski definition) is 2. The third kappa shape index (κ3) is 26.9. The normalized spacial score (nSPS) is 9.84. The number of hydrogen-bond acceptors (Lipinski definition) is 2. The van der Waals surface area contributed by atoms with Crippen molar-refractivity contribution in [3.8, 4) is 0 Å². The molecule has 3 heteroatoms. The van der Waals surface area contributed by atoms with Crippen molar-refractivity contribution in [1.82, 2.24) is 0 Å². The second-order valence-corrected chi connectivity index (χ2v) is 5.19. The molecule has 0 fully saturated rings. The summed E-state index contributed by atoms with van der Waals surface area (Å²) < 4.78 is 0. The van der Waals surface area contributed by atoms with Crippen LogP contribution in [0.25, 0.3) is 0 Å². The molecule has 0 saturated carbocycles. The molecule has 0 rings (SSSR count). The molecule has 0 atom stereocenters. The Hall–Kier alpha value is -0.570. The van der Waals surface area contributed by atoms with Crippen LogP contribution in [0.15, 0.2) is 0 Å². The van der Waals surface area contributed by atoms with Crippen molar-refractivity contribution >= 4 is 5.91 Å². The van der Waals surface area contributed by atoms with Gasteiger partial charge in [-0.1, -0.05) is 71.6 Å². The van der Waals surface area contributed by atoms with Crippen molar-refractivity contribution in [3.05, 3.63) is 0 Å². The lowest BCUT2D eigenvalue weighted by molar-refractivity contribution is -0.118. The Balaban J connectivity index is 0. The number of amides is 1. The number of unbranched alkanes of at least 4 members (excludes halogenated alkanes) is 9. The molecule has 0 aliphatic rings. The molecule has 4 N–H and O–H groups in total. The van der Waals surface area contributed by atoms with E-state index in [4.69, 9.17) is 11.5 Å². The van der Waals surface area contributed by atoms with Gasteiger partial charge >= 0.3 is 0 Å². The second kappa shape index (κ2) is 19.8. The Labute approximate surface area is 120 Å². The van der Waals surface area contributed by atoms with Gasteiger partial charge in [0.25, 0.3) is 0 Å². The van der Waals surface area contributed by atoms with Crippen molar-refractivity contribution in [2.24, 2.45) is 11.5 Å². The Morgan fingerprint density at radius 2 is 1.16 bits per heavy atom. The minimum Gasteiger partial charge on any atom is -0.370 e. The molecule has 0 aliphatic heterocycles. The highest BCUT2D eigenvalue weighted by Gasteiger charge is 1.92. The maximum atomic E-state index is 10.3. The van der Waals surface area contributed by atoms with Crippen LogP contribution in [0.1, 0.15) is 90.9 Å². The largest absolute Gasteiger partial charge is 0.370 e. The maximum absolute atomic E-state index is 10.3. The van der Waals surface area contributed by atoms with Gasteiger partial charge in [0.05, 0.1) is 0 Å². The van der Waals surface area contributed by atoms with E-state index in [0.717, 1.165) is 19.4 Å². The summed E-state index contributed by atoms with van der Waals surface area (Å²) in [4.78, 5) is 10.3. The summed E-state index contributed by atoms with van der Waals surface area (Å²) in [5, 5.41) is 0. The molecule has 0 bridgehead atoms. The minimum absolute atomic E-state index is 0.170. The lowest BCUT2D eigenvalue weighted by Gasteiger charge is -1.96. The van der Waals surface area contributed by atoms with Crippen LogP contribution in [-0.4, -0.2) is 12.5 Å². The third-order valence-electron chi connectivity index (χ3n) is 3.08. The lowest BCUT2D eigenvalue weighted by Crippen LogP contribution is -2.09. The molecular formula is C16H36N2O. The summed E-state index contributed by atoms with van der Waals surface area (Å²) in [6.07, 6.45) is 14.5. The Bertz CT molecular complexity index is 166. The number of carbonyl (C=O) groups excluding carboxylic acids is 1. The number of primary amides is 1. The molecule has 0 aliphatic carbocycles. The van der Waals surface area contributed by atoms with Crippen LogP contribution >= 0.6 is 0 Å². The van der Waals surface area contributed by atoms with Gasteiger partial charge in [-0.15, -0.1) is 0 Å². The van der Waals surface area contributed by atoms with E-state index in [0.29, 0.717) is 6.42 Å². The highest BCUT2D eigenvalue weighted by atomic mass is 16.1. The van der Waals surface area contributed by atoms with E-state index in [2.05, 4.69) is 13.8 Å². The Kier molecular flexibility index (Phi) is 21.6. The first kappa shape index (κ1) is 20.7. The maximum Gasteiger partial charge on any atom is 0.217 e. The van der Waals surface area contributed by atoms with Gasteiger partial charge in [-0.2, -0.15) is 0 Å². The van der Waals surface area contributed by atoms with E-state index in [9.17, 15) is 4.79 Å². The summed E-state index contributed by atoms with van der Waals surface area (Å²) in [6, 6.07) is 0. The van der Waals surface area contributed by atoms with Gasteiger partial charge < -0.3 is 11.5 Å². The number of carbonyl (C=O) groups is 1. The van der Waals surface area contributed by atoms with Crippen LogP contribution in [0.5, 0.6) is 0 Å². The fraction of sp³-hybridized carbons (Fsp3) is 0.938. The van der Waals surface area contributed by atoms with Crippen LogP contribution < -0.4 is 11.5 Å². The smallest absolute Gasteiger partial charge is 0.217 e. The molecular weight excluding hydrogens is 236 g/mol. The quantitative estimate of drug-likeness (QED) is 0.524. The molecule has 0 aromatic rings. The van der Waals surface area contributed by atoms with E-state index in [1.165, 1.54) is 57.8 Å². The average molecular weight is 272 g/mol. The molecule has 3 nitrogen and oxygen atoms in total. The van der Waals surface area contributed by atoms with Crippen LogP contribution in [0.4, 0.5) is 0 Å². The van der Waals surface area contributed by atoms with Gasteiger partial charge in [0, 0.05) is 6.42 Å². The molecule has 0 spiro atoms. The van der Waals surface area contributed by atoms with Crippen LogP contribution in [0, 0.1) is 0 Å². The predicted octanol–water partition coefficient (Wildman–Crippen LogP) is 4.14. The zero-order valence-electron chi connectivity index (χ0n) is 13.3. The molecule has 0 aromatic carbocycles. The van der Waals surface area contributed by atoms with Gasteiger partial charge in [0.2, 0.25) is 5.91 Å². The Morgan fingerprint density at radius 3 is 1.58 bits per heavy atom. The fourth-order valence-electron chi connectivity index (χ4n) is 1.83. The summed E-state index contributed by atoms with van der Waals surface area (Å²) in [5.41, 5.74) is 10.3. The number of nitrogens with two attached hydrogens (primary N) is 2. The van der Waals surface area contributed by atoms with E-state index in [1.54, 1.807) is 0 Å². The highest BCUT2D eigenvalue weighted by Crippen LogP contribution is 2.04. The van der Waals surface area contributed by atoms with Gasteiger partial charge in [-0.25, -0.2) is 0 Å². The number of rotatable bonds is 12. The van der Waals surface area contributed by atoms with E-state index >= 15 is 0 Å². The molecule has 0 aromatic heterocycles. The van der Waals surface area contributed by atoms with Crippen molar-refractivity contribution in [2.75, 3.05) is 6.54 Å². The van der Waals surface area contributed by atoms with Gasteiger partial charge in [0.1, 0.15) is 0 Å². The summed E-state index contributed by atoms with van der Waals surface area (Å²) in [6.45, 7) is 5.28. The standard InChI is InChI=1S/C8H17NO.C8H19N/c1-2-3-4-5-6-7-8(9)10;1-2-3-4-5-6-7-8-9/h2-7H2,1H3,(H2,9,10);2-9H2,1H3. The van der Waals surface area contributed by atoms with E-state index in [1.807, 2.05) is 0 Å². The lowest BCUT2D eigenvalue weighted by atomic mass is 10.1. The van der Waals surface area contributed by atoms with Crippen molar-refractivity contribution in [3.63, 3.8) is 0 Å². The van der Waals surface area contributed by atoms with Crippen LogP contribution in [-0.2, 0) is 4.79 Å². The molecule has 0 radical (unpaired) electrons. The first-order valence-corrected chi connectivity index (χ1v) is 8.17. The zero-order valence-corrected chi connectivity index (χ0v) is 13.3. The first-order chi connectivity index (χ1) is 9.18. The van der Waals surface area contributed by atoms with E-state index < -0.39 is 0 Å². The molecule has 0 unspecified atom stereocenters. The summed E-state index contributed by atoms with van der Waals surface area (Å²) in [7, 11) is 0. The topological polar surface area (TPSA) is 69.1 Å².